The molecule has 0 bridgehead atoms. The number of imidazole rings is 1. The molecule has 0 saturated carbocycles. The van der Waals surface area contributed by atoms with Crippen LogP contribution in [0.25, 0.3) is 11.0 Å². The van der Waals surface area contributed by atoms with Gasteiger partial charge >= 0.3 is 6.09 Å². The molecule has 0 radical (unpaired) electrons. The van der Waals surface area contributed by atoms with E-state index in [2.05, 4.69) is 9.72 Å². The highest BCUT2D eigenvalue weighted by molar-refractivity contribution is 6.17. The maximum Gasteiger partial charge on any atom is 0.419 e. The van der Waals surface area contributed by atoms with Crippen LogP contribution in [0, 0.1) is 0 Å². The molecular weight excluding hydrogens is 216 g/mol. The number of ether oxygens (including phenoxy) is 1. The van der Waals surface area contributed by atoms with Crippen molar-refractivity contribution < 1.29 is 9.53 Å². The number of benzene rings is 1. The number of carbonyl (C=O) groups excluding carboxylic acids is 1. The topological polar surface area (TPSA) is 44.1 Å². The van der Waals surface area contributed by atoms with Crippen molar-refractivity contribution in [3.63, 3.8) is 0 Å². The first-order chi connectivity index (χ1) is 7.27. The molecule has 0 atom stereocenters. The number of nitrogens with zero attached hydrogens (tertiary/aromatic N) is 2. The van der Waals surface area contributed by atoms with E-state index in [4.69, 9.17) is 11.6 Å². The Kier molecular flexibility index (Phi) is 2.60. The van der Waals surface area contributed by atoms with Crippen molar-refractivity contribution in [2.75, 3.05) is 7.11 Å². The van der Waals surface area contributed by atoms with Crippen LogP contribution < -0.4 is 0 Å². The van der Waals surface area contributed by atoms with E-state index < -0.39 is 6.09 Å². The average Bonchev–Trinajstić information content (AvgIpc) is 2.66. The number of alkyl halides is 1. The number of rotatable bonds is 1. The van der Waals surface area contributed by atoms with Crippen molar-refractivity contribution in [2.45, 2.75) is 5.88 Å². The highest BCUT2D eigenvalue weighted by Gasteiger charge is 2.15. The van der Waals surface area contributed by atoms with Gasteiger partial charge in [0.25, 0.3) is 0 Å². The first-order valence-corrected chi connectivity index (χ1v) is 4.92. The lowest BCUT2D eigenvalue weighted by molar-refractivity contribution is 0.173. The molecule has 4 nitrogen and oxygen atoms in total. The Morgan fingerprint density at radius 2 is 2.27 bits per heavy atom. The third-order valence-electron chi connectivity index (χ3n) is 2.11. The molecule has 5 heteroatoms. The summed E-state index contributed by atoms with van der Waals surface area (Å²) in [5.41, 5.74) is 1.44. The van der Waals surface area contributed by atoms with Gasteiger partial charge < -0.3 is 4.74 Å². The van der Waals surface area contributed by atoms with Crippen molar-refractivity contribution in [2.24, 2.45) is 0 Å². The molecule has 15 heavy (non-hydrogen) atoms. The Morgan fingerprint density at radius 3 is 2.93 bits per heavy atom. The molecule has 0 saturated heterocycles. The number of carbonyl (C=O) groups is 1. The predicted octanol–water partition coefficient (Wildman–Crippen LogP) is 2.39. The predicted molar refractivity (Wildman–Crippen MR) is 57.1 cm³/mol. The number of aromatic nitrogens is 2. The summed E-state index contributed by atoms with van der Waals surface area (Å²) in [4.78, 5) is 15.7. The molecule has 78 valence electrons. The average molecular weight is 225 g/mol. The van der Waals surface area contributed by atoms with Gasteiger partial charge in [-0.05, 0) is 12.1 Å². The lowest BCUT2D eigenvalue weighted by atomic mass is 10.3. The molecule has 2 aromatic rings. The molecule has 1 aromatic carbocycles. The second-order valence-corrected chi connectivity index (χ2v) is 3.22. The second-order valence-electron chi connectivity index (χ2n) is 2.96. The molecule has 0 aliphatic heterocycles. The molecule has 1 heterocycles. The van der Waals surface area contributed by atoms with E-state index in [-0.39, 0.29) is 5.88 Å². The fourth-order valence-corrected chi connectivity index (χ4v) is 1.64. The van der Waals surface area contributed by atoms with E-state index in [0.29, 0.717) is 11.3 Å². The van der Waals surface area contributed by atoms with Gasteiger partial charge in [-0.25, -0.2) is 14.3 Å². The highest BCUT2D eigenvalue weighted by Crippen LogP contribution is 2.17. The van der Waals surface area contributed by atoms with Gasteiger partial charge in [-0.3, -0.25) is 0 Å². The molecule has 0 aliphatic carbocycles. The number of methoxy groups -OCH3 is 1. The van der Waals surface area contributed by atoms with Crippen molar-refractivity contribution in [1.82, 2.24) is 9.55 Å². The summed E-state index contributed by atoms with van der Waals surface area (Å²) >= 11 is 5.71. The van der Waals surface area contributed by atoms with Gasteiger partial charge in [-0.15, -0.1) is 11.6 Å². The summed E-state index contributed by atoms with van der Waals surface area (Å²) in [5, 5.41) is 0. The van der Waals surface area contributed by atoms with Crippen LogP contribution in [-0.2, 0) is 10.6 Å². The Balaban J connectivity index is 2.72. The minimum atomic E-state index is -0.473. The van der Waals surface area contributed by atoms with Crippen LogP contribution >= 0.6 is 11.6 Å². The van der Waals surface area contributed by atoms with Gasteiger partial charge in [-0.2, -0.15) is 0 Å². The summed E-state index contributed by atoms with van der Waals surface area (Å²) in [6.45, 7) is 0. The fraction of sp³-hybridized carbons (Fsp3) is 0.200. The summed E-state index contributed by atoms with van der Waals surface area (Å²) in [7, 11) is 1.33. The Bertz CT molecular complexity index is 507. The standard InChI is InChI=1S/C10H9ClN2O2/c1-15-10(14)13-8-5-3-2-4-7(8)12-9(13)6-11/h2-5H,6H2,1H3. The number of fused-ring (bicyclic) bond motifs is 1. The van der Waals surface area contributed by atoms with E-state index in [1.807, 2.05) is 18.2 Å². The molecule has 2 rings (SSSR count). The van der Waals surface area contributed by atoms with Crippen LogP contribution in [-0.4, -0.2) is 22.8 Å². The summed E-state index contributed by atoms with van der Waals surface area (Å²) < 4.78 is 6.05. The molecule has 0 N–H and O–H groups in total. The lowest BCUT2D eigenvalue weighted by Gasteiger charge is -2.03. The minimum Gasteiger partial charge on any atom is -0.452 e. The van der Waals surface area contributed by atoms with Crippen LogP contribution in [0.3, 0.4) is 0 Å². The molecule has 0 unspecified atom stereocenters. The van der Waals surface area contributed by atoms with E-state index in [9.17, 15) is 4.79 Å². The summed E-state index contributed by atoms with van der Waals surface area (Å²) in [6, 6.07) is 7.32. The van der Waals surface area contributed by atoms with Crippen LogP contribution in [0.1, 0.15) is 5.82 Å². The third-order valence-corrected chi connectivity index (χ3v) is 2.35. The maximum atomic E-state index is 11.5. The van der Waals surface area contributed by atoms with E-state index in [1.54, 1.807) is 6.07 Å². The summed E-state index contributed by atoms with van der Waals surface area (Å²) in [5.74, 6) is 0.661. The number of halogens is 1. The highest BCUT2D eigenvalue weighted by atomic mass is 35.5. The quantitative estimate of drug-likeness (QED) is 0.699. The zero-order valence-electron chi connectivity index (χ0n) is 8.11. The Morgan fingerprint density at radius 1 is 1.53 bits per heavy atom. The molecule has 1 aromatic heterocycles. The molecular formula is C10H9ClN2O2. The third kappa shape index (κ3) is 1.57. The zero-order chi connectivity index (χ0) is 10.8. The number of para-hydroxylation sites is 2. The van der Waals surface area contributed by atoms with Crippen molar-refractivity contribution in [3.05, 3.63) is 30.1 Å². The minimum absolute atomic E-state index is 0.170. The van der Waals surface area contributed by atoms with Crippen molar-refractivity contribution >= 4 is 28.7 Å². The molecule has 0 spiro atoms. The normalized spacial score (nSPS) is 10.5. The monoisotopic (exact) mass is 224 g/mol. The lowest BCUT2D eigenvalue weighted by Crippen LogP contribution is -2.13. The zero-order valence-corrected chi connectivity index (χ0v) is 8.86. The number of hydrogen-bond donors (Lipinski definition) is 0. The molecule has 0 aliphatic rings. The fourth-order valence-electron chi connectivity index (χ4n) is 1.46. The van der Waals surface area contributed by atoms with Gasteiger partial charge in [0, 0.05) is 0 Å². The Labute approximate surface area is 91.4 Å². The Hall–Kier alpha value is -1.55. The molecule has 0 amide bonds. The van der Waals surface area contributed by atoms with E-state index in [1.165, 1.54) is 11.7 Å². The van der Waals surface area contributed by atoms with Gasteiger partial charge in [0.1, 0.15) is 5.82 Å². The SMILES string of the molecule is COC(=O)n1c(CCl)nc2ccccc21. The van der Waals surface area contributed by atoms with E-state index in [0.717, 1.165) is 5.52 Å². The smallest absolute Gasteiger partial charge is 0.419 e. The second kappa shape index (κ2) is 3.90. The van der Waals surface area contributed by atoms with Crippen LogP contribution in [0.5, 0.6) is 0 Å². The molecule has 0 fully saturated rings. The van der Waals surface area contributed by atoms with Crippen LogP contribution in [0.4, 0.5) is 4.79 Å². The summed E-state index contributed by atoms with van der Waals surface area (Å²) in [6.07, 6.45) is -0.473. The first-order valence-electron chi connectivity index (χ1n) is 4.38. The van der Waals surface area contributed by atoms with Gasteiger partial charge in [-0.1, -0.05) is 12.1 Å². The van der Waals surface area contributed by atoms with Gasteiger partial charge in [0.15, 0.2) is 0 Å². The first kappa shape index (κ1) is 9.98. The largest absolute Gasteiger partial charge is 0.452 e. The van der Waals surface area contributed by atoms with Gasteiger partial charge in [0.2, 0.25) is 0 Å². The van der Waals surface area contributed by atoms with Crippen LogP contribution in [0.2, 0.25) is 0 Å². The van der Waals surface area contributed by atoms with Crippen molar-refractivity contribution in [3.8, 4) is 0 Å². The maximum absolute atomic E-state index is 11.5. The van der Waals surface area contributed by atoms with Crippen molar-refractivity contribution in [1.29, 1.82) is 0 Å². The van der Waals surface area contributed by atoms with Gasteiger partial charge in [0.05, 0.1) is 24.0 Å². The van der Waals surface area contributed by atoms with E-state index >= 15 is 0 Å². The van der Waals surface area contributed by atoms with Crippen LogP contribution in [0.15, 0.2) is 24.3 Å². The number of hydrogen-bond acceptors (Lipinski definition) is 3.